The van der Waals surface area contributed by atoms with Crippen LogP contribution in [-0.2, 0) is 27.1 Å². The van der Waals surface area contributed by atoms with Crippen LogP contribution in [-0.4, -0.2) is 24.2 Å². The van der Waals surface area contributed by atoms with Gasteiger partial charge in [-0.15, -0.1) is 0 Å². The third-order valence-corrected chi connectivity index (χ3v) is 16.1. The fourth-order valence-corrected chi connectivity index (χ4v) is 11.1. The summed E-state index contributed by atoms with van der Waals surface area (Å²) < 4.78 is 19.3. The van der Waals surface area contributed by atoms with Crippen molar-refractivity contribution in [2.45, 2.75) is 131 Å². The molecule has 0 amide bonds. The largest absolute Gasteiger partial charge is 0.507 e. The highest BCUT2D eigenvalue weighted by Gasteiger charge is 2.27. The van der Waals surface area contributed by atoms with E-state index in [-0.39, 0.29) is 32.8 Å². The molecule has 0 atom stereocenters. The van der Waals surface area contributed by atoms with Gasteiger partial charge in [-0.25, -0.2) is 9.37 Å². The van der Waals surface area contributed by atoms with Crippen molar-refractivity contribution >= 4 is 32.8 Å². The van der Waals surface area contributed by atoms with Crippen LogP contribution in [0.15, 0.2) is 176 Å². The minimum absolute atomic E-state index is 0.00206. The van der Waals surface area contributed by atoms with Crippen LogP contribution in [0.1, 0.15) is 132 Å². The molecule has 8 aromatic carbocycles. The van der Waals surface area contributed by atoms with Crippen molar-refractivity contribution in [2.75, 3.05) is 0 Å². The third kappa shape index (κ3) is 10.1. The van der Waals surface area contributed by atoms with Crippen molar-refractivity contribution in [2.24, 2.45) is 0 Å². The Labute approximate surface area is 472 Å². The number of phenolic OH excluding ortho intramolecular Hbond substituents is 1. The fraction of sp³-hybridized carbons (Fsp3) is 0.270. The number of benzene rings is 8. The van der Waals surface area contributed by atoms with Crippen LogP contribution in [0.5, 0.6) is 5.75 Å². The maximum atomic E-state index is 14.7. The smallest absolute Gasteiger partial charge is 0.149 e. The van der Waals surface area contributed by atoms with Crippen LogP contribution < -0.4 is 0 Å². The van der Waals surface area contributed by atoms with E-state index in [1.54, 1.807) is 6.07 Å². The SMILES string of the molecule is CC(C)(C)c1cc(-c2cc(-c3ccc4c5ccccc5n(-c5cccc(-c6cc(C(C)(C)C)cc(C(C)(C)C)c6)c5)c4c3)ccn2)cc(-c2cccc3c2nc(-c2ccc(F)cc2O)n3-c2cc(C(C)(C)C)cc(C(C)(C)C)c2)c1. The van der Waals surface area contributed by atoms with Crippen molar-refractivity contribution in [1.29, 1.82) is 0 Å². The molecular weight excluding hydrogens is 980 g/mol. The van der Waals surface area contributed by atoms with E-state index in [0.29, 0.717) is 11.4 Å². The summed E-state index contributed by atoms with van der Waals surface area (Å²) in [6, 6.07) is 60.1. The fourth-order valence-electron chi connectivity index (χ4n) is 11.1. The molecule has 0 fully saturated rings. The highest BCUT2D eigenvalue weighted by atomic mass is 19.1. The van der Waals surface area contributed by atoms with Gasteiger partial charge in [-0.2, -0.15) is 0 Å². The summed E-state index contributed by atoms with van der Waals surface area (Å²) in [5.74, 6) is -0.153. The van der Waals surface area contributed by atoms with E-state index < -0.39 is 5.82 Å². The van der Waals surface area contributed by atoms with Crippen molar-refractivity contribution in [3.8, 4) is 73.2 Å². The van der Waals surface area contributed by atoms with Crippen molar-refractivity contribution in [3.05, 3.63) is 210 Å². The Morgan fingerprint density at radius 1 is 0.375 bits per heavy atom. The van der Waals surface area contributed by atoms with E-state index in [0.717, 1.165) is 72.5 Å². The average molecular weight is 1060 g/mol. The highest BCUT2D eigenvalue weighted by Crippen LogP contribution is 2.43. The van der Waals surface area contributed by atoms with Crippen LogP contribution in [0.25, 0.3) is 100 Å². The van der Waals surface area contributed by atoms with Gasteiger partial charge in [-0.05, 0) is 162 Å². The van der Waals surface area contributed by atoms with Crippen molar-refractivity contribution < 1.29 is 9.50 Å². The number of rotatable bonds is 7. The predicted octanol–water partition coefficient (Wildman–Crippen LogP) is 20.2. The van der Waals surface area contributed by atoms with Crippen LogP contribution >= 0.6 is 0 Å². The molecule has 0 aliphatic rings. The molecule has 80 heavy (non-hydrogen) atoms. The Morgan fingerprint density at radius 2 is 0.925 bits per heavy atom. The number of nitrogens with zero attached hydrogens (tertiary/aromatic N) is 4. The molecule has 0 spiro atoms. The zero-order valence-electron chi connectivity index (χ0n) is 49.4. The number of para-hydroxylation sites is 2. The number of hydrogen-bond acceptors (Lipinski definition) is 3. The van der Waals surface area contributed by atoms with Gasteiger partial charge in [0.2, 0.25) is 0 Å². The lowest BCUT2D eigenvalue weighted by Crippen LogP contribution is -2.17. The molecule has 1 N–H and O–H groups in total. The first kappa shape index (κ1) is 53.9. The average Bonchev–Trinajstić information content (AvgIpc) is 4.20. The predicted molar refractivity (Wildman–Crippen MR) is 336 cm³/mol. The Balaban J connectivity index is 1.05. The number of phenols is 1. The van der Waals surface area contributed by atoms with E-state index in [1.807, 2.05) is 6.20 Å². The lowest BCUT2D eigenvalue weighted by Gasteiger charge is -2.27. The lowest BCUT2D eigenvalue weighted by atomic mass is 9.79. The maximum absolute atomic E-state index is 14.7. The molecule has 404 valence electrons. The van der Waals surface area contributed by atoms with Gasteiger partial charge in [-0.1, -0.05) is 189 Å². The molecule has 0 aliphatic heterocycles. The van der Waals surface area contributed by atoms with E-state index >= 15 is 0 Å². The number of fused-ring (bicyclic) bond motifs is 4. The second-order valence-corrected chi connectivity index (χ2v) is 27.3. The van der Waals surface area contributed by atoms with Gasteiger partial charge >= 0.3 is 0 Å². The van der Waals surface area contributed by atoms with Gasteiger partial charge in [0.25, 0.3) is 0 Å². The molecule has 0 aliphatic carbocycles. The summed E-state index contributed by atoms with van der Waals surface area (Å²) in [5, 5.41) is 13.8. The summed E-state index contributed by atoms with van der Waals surface area (Å²) >= 11 is 0. The Bertz CT molecular complexity index is 4160. The number of pyridine rings is 1. The van der Waals surface area contributed by atoms with E-state index in [1.165, 1.54) is 56.3 Å². The summed E-state index contributed by atoms with van der Waals surface area (Å²) in [6.07, 6.45) is 1.93. The zero-order valence-corrected chi connectivity index (χ0v) is 49.4. The molecule has 5 nitrogen and oxygen atoms in total. The van der Waals surface area contributed by atoms with Crippen LogP contribution in [0, 0.1) is 5.82 Å². The van der Waals surface area contributed by atoms with Gasteiger partial charge in [0.05, 0.1) is 33.3 Å². The van der Waals surface area contributed by atoms with Crippen LogP contribution in [0.3, 0.4) is 0 Å². The lowest BCUT2D eigenvalue weighted by molar-refractivity contribution is 0.470. The molecule has 3 aromatic heterocycles. The van der Waals surface area contributed by atoms with E-state index in [9.17, 15) is 9.50 Å². The van der Waals surface area contributed by atoms with E-state index in [2.05, 4.69) is 265 Å². The summed E-state index contributed by atoms with van der Waals surface area (Å²) in [6.45, 7) is 33.9. The van der Waals surface area contributed by atoms with Gasteiger partial charge in [0.1, 0.15) is 17.4 Å². The van der Waals surface area contributed by atoms with Gasteiger partial charge in [0, 0.05) is 45.5 Å². The molecule has 6 heteroatoms. The molecular formula is C74H75FN4O. The first-order valence-electron chi connectivity index (χ1n) is 28.2. The Kier molecular flexibility index (Phi) is 13.0. The Hall–Kier alpha value is -8.09. The van der Waals surface area contributed by atoms with Gasteiger partial charge < -0.3 is 9.67 Å². The molecule has 11 rings (SSSR count). The number of aromatic hydroxyl groups is 1. The molecule has 0 saturated carbocycles. The maximum Gasteiger partial charge on any atom is 0.149 e. The van der Waals surface area contributed by atoms with Crippen molar-refractivity contribution in [3.63, 3.8) is 0 Å². The second kappa shape index (κ2) is 19.3. The summed E-state index contributed by atoms with van der Waals surface area (Å²) in [7, 11) is 0. The Morgan fingerprint density at radius 3 is 1.57 bits per heavy atom. The van der Waals surface area contributed by atoms with Crippen LogP contribution in [0.4, 0.5) is 4.39 Å². The van der Waals surface area contributed by atoms with Gasteiger partial charge in [-0.3, -0.25) is 9.55 Å². The molecule has 0 saturated heterocycles. The summed E-state index contributed by atoms with van der Waals surface area (Å²) in [4.78, 5) is 10.5. The molecule has 0 bridgehead atoms. The van der Waals surface area contributed by atoms with Crippen LogP contribution in [0.2, 0.25) is 0 Å². The minimum atomic E-state index is -0.512. The standard InChI is InChI=1S/C74H75FN4O/c1-70(2,3)51-35-49(59-23-19-25-65-68(59)77-69(62-29-27-56(75)44-67(62)80)79(65)58-42-54(73(10,11)12)41-55(43-58)74(13,14)15)32-50(36-51)63-38-47(30-31-76-63)46-26-28-61-60-22-16-17-24-64(60)78(66(61)39-46)57-21-18-20-45(37-57)48-33-52(71(4,5)6)40-53(34-48)72(7,8)9/h16-44,80H,1-15H3. The number of hydrogen-bond donors (Lipinski definition) is 1. The first-order valence-corrected chi connectivity index (χ1v) is 28.2. The quantitative estimate of drug-likeness (QED) is 0.173. The highest BCUT2D eigenvalue weighted by molar-refractivity contribution is 6.10. The normalized spacial score (nSPS) is 12.8. The number of halogens is 1. The van der Waals surface area contributed by atoms with Gasteiger partial charge in [0.15, 0.2) is 0 Å². The molecule has 11 aromatic rings. The topological polar surface area (TPSA) is 55.9 Å². The monoisotopic (exact) mass is 1050 g/mol. The number of aromatic nitrogens is 4. The third-order valence-electron chi connectivity index (χ3n) is 16.1. The number of imidazole rings is 1. The molecule has 3 heterocycles. The second-order valence-electron chi connectivity index (χ2n) is 27.3. The molecule has 0 radical (unpaired) electrons. The van der Waals surface area contributed by atoms with E-state index in [4.69, 9.17) is 9.97 Å². The van der Waals surface area contributed by atoms with Crippen molar-refractivity contribution in [1.82, 2.24) is 19.1 Å². The summed E-state index contributed by atoms with van der Waals surface area (Å²) in [5.41, 5.74) is 20.5. The zero-order chi connectivity index (χ0) is 57.0. The molecule has 0 unspecified atom stereocenters. The minimum Gasteiger partial charge on any atom is -0.507 e. The first-order chi connectivity index (χ1) is 37.6.